The lowest BCUT2D eigenvalue weighted by Crippen LogP contribution is -2.03. The van der Waals surface area contributed by atoms with Crippen molar-refractivity contribution in [3.05, 3.63) is 47.7 Å². The standard InChI is InChI=1S/C14H17NO2/c1-15-9-13-6-7-14(17-13)12-5-3-4-11(8-12)10-16-2/h3-8,15H,9-10H2,1-2H3. The van der Waals surface area contributed by atoms with Gasteiger partial charge in [0.15, 0.2) is 0 Å². The van der Waals surface area contributed by atoms with Gasteiger partial charge >= 0.3 is 0 Å². The Morgan fingerprint density at radius 3 is 2.88 bits per heavy atom. The van der Waals surface area contributed by atoms with E-state index >= 15 is 0 Å². The highest BCUT2D eigenvalue weighted by atomic mass is 16.5. The molecule has 0 spiro atoms. The summed E-state index contributed by atoms with van der Waals surface area (Å²) in [5.74, 6) is 1.84. The monoisotopic (exact) mass is 231 g/mol. The second kappa shape index (κ2) is 5.66. The zero-order chi connectivity index (χ0) is 12.1. The highest BCUT2D eigenvalue weighted by Gasteiger charge is 2.04. The highest BCUT2D eigenvalue weighted by Crippen LogP contribution is 2.23. The number of rotatable bonds is 5. The molecule has 0 unspecified atom stereocenters. The highest BCUT2D eigenvalue weighted by molar-refractivity contribution is 5.58. The first-order valence-corrected chi connectivity index (χ1v) is 5.65. The molecule has 0 saturated heterocycles. The fraction of sp³-hybridized carbons (Fsp3) is 0.286. The SMILES string of the molecule is CNCc1ccc(-c2cccc(COC)c2)o1. The van der Waals surface area contributed by atoms with Crippen molar-refractivity contribution in [2.45, 2.75) is 13.2 Å². The van der Waals surface area contributed by atoms with Crippen molar-refractivity contribution < 1.29 is 9.15 Å². The van der Waals surface area contributed by atoms with Crippen LogP contribution in [0.15, 0.2) is 40.8 Å². The molecule has 1 aromatic heterocycles. The number of ether oxygens (including phenoxy) is 1. The average Bonchev–Trinajstić information content (AvgIpc) is 2.79. The quantitative estimate of drug-likeness (QED) is 0.859. The fourth-order valence-electron chi connectivity index (χ4n) is 1.78. The third-order valence-electron chi connectivity index (χ3n) is 2.54. The lowest BCUT2D eigenvalue weighted by molar-refractivity contribution is 0.185. The van der Waals surface area contributed by atoms with E-state index in [-0.39, 0.29) is 0 Å². The summed E-state index contributed by atoms with van der Waals surface area (Å²) >= 11 is 0. The van der Waals surface area contributed by atoms with Gasteiger partial charge in [0, 0.05) is 12.7 Å². The van der Waals surface area contributed by atoms with Crippen molar-refractivity contribution in [1.29, 1.82) is 0 Å². The van der Waals surface area contributed by atoms with Gasteiger partial charge in [-0.1, -0.05) is 18.2 Å². The van der Waals surface area contributed by atoms with E-state index in [0.717, 1.165) is 29.2 Å². The molecule has 90 valence electrons. The second-order valence-corrected chi connectivity index (χ2v) is 3.93. The Bertz CT molecular complexity index is 477. The largest absolute Gasteiger partial charge is 0.460 e. The lowest BCUT2D eigenvalue weighted by Gasteiger charge is -2.02. The summed E-state index contributed by atoms with van der Waals surface area (Å²) in [5.41, 5.74) is 2.23. The smallest absolute Gasteiger partial charge is 0.134 e. The summed E-state index contributed by atoms with van der Waals surface area (Å²) in [7, 11) is 3.60. The molecule has 0 aliphatic rings. The van der Waals surface area contributed by atoms with E-state index in [9.17, 15) is 0 Å². The fourth-order valence-corrected chi connectivity index (χ4v) is 1.78. The van der Waals surface area contributed by atoms with Crippen LogP contribution < -0.4 is 5.32 Å². The molecule has 0 radical (unpaired) electrons. The maximum atomic E-state index is 5.74. The number of furan rings is 1. The van der Waals surface area contributed by atoms with Gasteiger partial charge in [-0.2, -0.15) is 0 Å². The number of nitrogens with one attached hydrogen (secondary N) is 1. The molecule has 0 amide bonds. The van der Waals surface area contributed by atoms with Crippen LogP contribution in [0.5, 0.6) is 0 Å². The Morgan fingerprint density at radius 2 is 2.12 bits per heavy atom. The number of hydrogen-bond donors (Lipinski definition) is 1. The van der Waals surface area contributed by atoms with Gasteiger partial charge in [0.05, 0.1) is 13.2 Å². The maximum absolute atomic E-state index is 5.74. The molecular weight excluding hydrogens is 214 g/mol. The molecule has 1 aromatic carbocycles. The van der Waals surface area contributed by atoms with E-state index < -0.39 is 0 Å². The van der Waals surface area contributed by atoms with Crippen molar-refractivity contribution in [3.63, 3.8) is 0 Å². The van der Waals surface area contributed by atoms with E-state index in [1.54, 1.807) is 7.11 Å². The number of benzene rings is 1. The minimum absolute atomic E-state index is 0.623. The van der Waals surface area contributed by atoms with Crippen LogP contribution in [-0.2, 0) is 17.9 Å². The van der Waals surface area contributed by atoms with Crippen molar-refractivity contribution in [1.82, 2.24) is 5.32 Å². The van der Waals surface area contributed by atoms with Crippen LogP contribution >= 0.6 is 0 Å². The Hall–Kier alpha value is -1.58. The summed E-state index contributed by atoms with van der Waals surface area (Å²) in [5, 5.41) is 3.07. The van der Waals surface area contributed by atoms with Crippen LogP contribution in [0.25, 0.3) is 11.3 Å². The van der Waals surface area contributed by atoms with Gasteiger partial charge in [0.2, 0.25) is 0 Å². The van der Waals surface area contributed by atoms with E-state index in [1.807, 2.05) is 37.4 Å². The molecular formula is C14H17NO2. The zero-order valence-electron chi connectivity index (χ0n) is 10.2. The Kier molecular flexibility index (Phi) is 3.96. The van der Waals surface area contributed by atoms with Gasteiger partial charge in [0.25, 0.3) is 0 Å². The first-order chi connectivity index (χ1) is 8.33. The molecule has 17 heavy (non-hydrogen) atoms. The average molecular weight is 231 g/mol. The molecule has 2 rings (SSSR count). The van der Waals surface area contributed by atoms with Crippen LogP contribution in [0.1, 0.15) is 11.3 Å². The molecule has 2 aromatic rings. The van der Waals surface area contributed by atoms with E-state index in [0.29, 0.717) is 6.61 Å². The molecule has 3 heteroatoms. The van der Waals surface area contributed by atoms with Crippen molar-refractivity contribution in [3.8, 4) is 11.3 Å². The topological polar surface area (TPSA) is 34.4 Å². The van der Waals surface area contributed by atoms with Gasteiger partial charge < -0.3 is 14.5 Å². The maximum Gasteiger partial charge on any atom is 0.134 e. The van der Waals surface area contributed by atoms with E-state index in [1.165, 1.54) is 0 Å². The third-order valence-corrected chi connectivity index (χ3v) is 2.54. The molecule has 0 fully saturated rings. The van der Waals surface area contributed by atoms with E-state index in [4.69, 9.17) is 9.15 Å². The summed E-state index contributed by atoms with van der Waals surface area (Å²) < 4.78 is 10.9. The summed E-state index contributed by atoms with van der Waals surface area (Å²) in [4.78, 5) is 0. The van der Waals surface area contributed by atoms with Crippen LogP contribution in [-0.4, -0.2) is 14.2 Å². The number of hydrogen-bond acceptors (Lipinski definition) is 3. The van der Waals surface area contributed by atoms with Gasteiger partial charge in [-0.25, -0.2) is 0 Å². The number of methoxy groups -OCH3 is 1. The van der Waals surface area contributed by atoms with Crippen molar-refractivity contribution in [2.75, 3.05) is 14.2 Å². The third kappa shape index (κ3) is 2.96. The molecule has 1 N–H and O–H groups in total. The molecule has 0 atom stereocenters. The predicted molar refractivity (Wildman–Crippen MR) is 67.6 cm³/mol. The molecule has 0 bridgehead atoms. The van der Waals surface area contributed by atoms with Gasteiger partial charge in [-0.15, -0.1) is 0 Å². The normalized spacial score (nSPS) is 10.7. The second-order valence-electron chi connectivity index (χ2n) is 3.93. The predicted octanol–water partition coefficient (Wildman–Crippen LogP) is 2.81. The van der Waals surface area contributed by atoms with Crippen molar-refractivity contribution >= 4 is 0 Å². The van der Waals surface area contributed by atoms with Crippen LogP contribution in [0.4, 0.5) is 0 Å². The minimum Gasteiger partial charge on any atom is -0.460 e. The molecule has 0 saturated carbocycles. The molecule has 0 aliphatic heterocycles. The first kappa shape index (κ1) is 11.9. The molecule has 1 heterocycles. The Morgan fingerprint density at radius 1 is 1.24 bits per heavy atom. The van der Waals surface area contributed by atoms with Crippen LogP contribution in [0.3, 0.4) is 0 Å². The van der Waals surface area contributed by atoms with E-state index in [2.05, 4.69) is 11.4 Å². The summed E-state index contributed by atoms with van der Waals surface area (Å²) in [6, 6.07) is 12.2. The lowest BCUT2D eigenvalue weighted by atomic mass is 10.1. The van der Waals surface area contributed by atoms with Gasteiger partial charge in [-0.3, -0.25) is 0 Å². The van der Waals surface area contributed by atoms with Crippen LogP contribution in [0, 0.1) is 0 Å². The summed E-state index contributed by atoms with van der Waals surface area (Å²) in [6.07, 6.45) is 0. The summed E-state index contributed by atoms with van der Waals surface area (Å²) in [6.45, 7) is 1.37. The first-order valence-electron chi connectivity index (χ1n) is 5.65. The zero-order valence-corrected chi connectivity index (χ0v) is 10.2. The Balaban J connectivity index is 2.22. The van der Waals surface area contributed by atoms with Gasteiger partial charge in [0.1, 0.15) is 11.5 Å². The molecule has 0 aliphatic carbocycles. The van der Waals surface area contributed by atoms with Crippen LogP contribution in [0.2, 0.25) is 0 Å². The van der Waals surface area contributed by atoms with Gasteiger partial charge in [-0.05, 0) is 30.8 Å². The Labute approximate surface area is 101 Å². The minimum atomic E-state index is 0.623. The van der Waals surface area contributed by atoms with Crippen molar-refractivity contribution in [2.24, 2.45) is 0 Å². The molecule has 3 nitrogen and oxygen atoms in total.